The van der Waals surface area contributed by atoms with Gasteiger partial charge in [0.1, 0.15) is 17.2 Å². The number of methoxy groups -OCH3 is 1. The Bertz CT molecular complexity index is 1210. The molecule has 0 bridgehead atoms. The van der Waals surface area contributed by atoms with Crippen LogP contribution >= 0.6 is 0 Å². The standard InChI is InChI=1S/C23H32N4O3.2C2HF3O2/c1-4-26(5-2)21(28)20-17-27-15-12-24-22(27)23(30-20)10-13-25(14-11-23)16-18-6-8-19(29-3)9-7-18;2*3-2(4,5)1(6)7/h6-9,12,15,20H,4-5,10-11,13-14,16-17H2,1-3H3;2*(H,6,7). The number of likely N-dealkylation sites (tertiary alicyclic amines) is 1. The number of carboxylic acid groups (broad SMARTS) is 2. The van der Waals surface area contributed by atoms with Gasteiger partial charge in [0.25, 0.3) is 5.91 Å². The largest absolute Gasteiger partial charge is 0.497 e. The topological polar surface area (TPSA) is 134 Å². The number of hydrogen-bond acceptors (Lipinski definition) is 7. The van der Waals surface area contributed by atoms with Gasteiger partial charge in [-0.15, -0.1) is 0 Å². The first-order chi connectivity index (χ1) is 20.5. The van der Waals surface area contributed by atoms with Crippen LogP contribution in [0.2, 0.25) is 0 Å². The Morgan fingerprint density at radius 1 is 1.00 bits per heavy atom. The first-order valence-electron chi connectivity index (χ1n) is 13.4. The number of rotatable bonds is 6. The molecule has 2 aliphatic heterocycles. The lowest BCUT2D eigenvalue weighted by atomic mass is 9.88. The molecule has 1 atom stereocenters. The van der Waals surface area contributed by atoms with E-state index in [0.717, 1.165) is 44.0 Å². The lowest BCUT2D eigenvalue weighted by molar-refractivity contribution is -0.193. The molecule has 0 saturated carbocycles. The van der Waals surface area contributed by atoms with Crippen LogP contribution in [0.25, 0.3) is 0 Å². The summed E-state index contributed by atoms with van der Waals surface area (Å²) in [7, 11) is 1.69. The van der Waals surface area contributed by atoms with E-state index in [1.165, 1.54) is 5.56 Å². The third kappa shape index (κ3) is 9.83. The van der Waals surface area contributed by atoms with Gasteiger partial charge in [0.05, 0.1) is 13.7 Å². The number of nitrogens with zero attached hydrogens (tertiary/aromatic N) is 4. The second-order valence-corrected chi connectivity index (χ2v) is 9.74. The molecule has 11 nitrogen and oxygen atoms in total. The second-order valence-electron chi connectivity index (χ2n) is 9.74. The van der Waals surface area contributed by atoms with Crippen LogP contribution in [0.15, 0.2) is 36.7 Å². The van der Waals surface area contributed by atoms with Crippen molar-refractivity contribution in [2.24, 2.45) is 0 Å². The van der Waals surface area contributed by atoms with Crippen molar-refractivity contribution in [3.8, 4) is 5.75 Å². The molecule has 1 fully saturated rings. The highest BCUT2D eigenvalue weighted by atomic mass is 19.4. The summed E-state index contributed by atoms with van der Waals surface area (Å²) >= 11 is 0. The van der Waals surface area contributed by atoms with Gasteiger partial charge >= 0.3 is 24.3 Å². The zero-order valence-electron chi connectivity index (χ0n) is 24.2. The van der Waals surface area contributed by atoms with Crippen molar-refractivity contribution in [3.63, 3.8) is 0 Å². The molecule has 246 valence electrons. The van der Waals surface area contributed by atoms with Gasteiger partial charge in [-0.1, -0.05) is 12.1 Å². The molecule has 1 aromatic heterocycles. The van der Waals surface area contributed by atoms with Crippen molar-refractivity contribution in [1.29, 1.82) is 0 Å². The zero-order valence-corrected chi connectivity index (χ0v) is 24.2. The van der Waals surface area contributed by atoms with E-state index in [1.807, 2.05) is 43.3 Å². The van der Waals surface area contributed by atoms with Crippen molar-refractivity contribution in [3.05, 3.63) is 48.0 Å². The highest BCUT2D eigenvalue weighted by molar-refractivity contribution is 5.81. The summed E-state index contributed by atoms with van der Waals surface area (Å²) < 4.78 is 77.4. The average Bonchev–Trinajstić information content (AvgIpc) is 3.45. The number of fused-ring (bicyclic) bond motifs is 2. The maximum Gasteiger partial charge on any atom is 0.490 e. The number of likely N-dealkylation sites (N-methyl/N-ethyl adjacent to an activating group) is 1. The maximum absolute atomic E-state index is 13.0. The quantitative estimate of drug-likeness (QED) is 0.451. The van der Waals surface area contributed by atoms with Crippen LogP contribution in [-0.2, 0) is 37.8 Å². The lowest BCUT2D eigenvalue weighted by Gasteiger charge is -2.46. The van der Waals surface area contributed by atoms with Gasteiger partial charge < -0.3 is 29.2 Å². The molecule has 44 heavy (non-hydrogen) atoms. The fourth-order valence-electron chi connectivity index (χ4n) is 4.67. The van der Waals surface area contributed by atoms with E-state index in [9.17, 15) is 31.1 Å². The number of aromatic nitrogens is 2. The fourth-order valence-corrected chi connectivity index (χ4v) is 4.67. The smallest absolute Gasteiger partial charge is 0.490 e. The fraction of sp³-hybridized carbons (Fsp3) is 0.556. The highest BCUT2D eigenvalue weighted by Crippen LogP contribution is 2.40. The summed E-state index contributed by atoms with van der Waals surface area (Å²) in [6, 6.07) is 8.24. The minimum Gasteiger partial charge on any atom is -0.497 e. The van der Waals surface area contributed by atoms with Crippen molar-refractivity contribution < 1.29 is 60.4 Å². The van der Waals surface area contributed by atoms with E-state index in [-0.39, 0.29) is 5.91 Å². The number of carbonyl (C=O) groups is 3. The Balaban J connectivity index is 0.000000402. The SMILES string of the molecule is CCN(CC)C(=O)C1Cn2ccnc2C2(CCN(Cc3ccc(OC)cc3)CC2)O1.O=C(O)C(F)(F)F.O=C(O)C(F)(F)F. The summed E-state index contributed by atoms with van der Waals surface area (Å²) in [5, 5.41) is 14.2. The van der Waals surface area contributed by atoms with E-state index in [2.05, 4.69) is 26.6 Å². The summed E-state index contributed by atoms with van der Waals surface area (Å²) in [5.74, 6) is -3.59. The molecule has 3 heterocycles. The van der Waals surface area contributed by atoms with E-state index < -0.39 is 36.0 Å². The van der Waals surface area contributed by atoms with E-state index >= 15 is 0 Å². The number of amides is 1. The Morgan fingerprint density at radius 2 is 1.50 bits per heavy atom. The molecule has 1 amide bonds. The van der Waals surface area contributed by atoms with Crippen LogP contribution in [0.5, 0.6) is 5.75 Å². The molecule has 4 rings (SSSR count). The maximum atomic E-state index is 13.0. The van der Waals surface area contributed by atoms with Crippen molar-refractivity contribution in [2.45, 2.75) is 63.8 Å². The molecule has 0 radical (unpaired) electrons. The third-order valence-corrected chi connectivity index (χ3v) is 6.92. The molecule has 1 saturated heterocycles. The van der Waals surface area contributed by atoms with Crippen molar-refractivity contribution >= 4 is 17.8 Å². The number of benzene rings is 1. The van der Waals surface area contributed by atoms with Gasteiger partial charge in [0.2, 0.25) is 0 Å². The number of imidazole rings is 1. The average molecular weight is 641 g/mol. The van der Waals surface area contributed by atoms with Crippen LogP contribution in [0.1, 0.15) is 38.1 Å². The normalized spacial score (nSPS) is 17.7. The molecule has 2 N–H and O–H groups in total. The number of alkyl halides is 6. The molecule has 2 aromatic rings. The van der Waals surface area contributed by atoms with Gasteiger partial charge in [-0.05, 0) is 44.4 Å². The summed E-state index contributed by atoms with van der Waals surface area (Å²) in [5.41, 5.74) is 0.790. The van der Waals surface area contributed by atoms with Crippen molar-refractivity contribution in [2.75, 3.05) is 33.3 Å². The van der Waals surface area contributed by atoms with Gasteiger partial charge in [-0.25, -0.2) is 14.6 Å². The summed E-state index contributed by atoms with van der Waals surface area (Å²) in [6.45, 7) is 8.69. The number of aliphatic carboxylic acids is 2. The molecular formula is C27H34F6N4O7. The number of carboxylic acids is 2. The minimum atomic E-state index is -5.08. The van der Waals surface area contributed by atoms with Gasteiger partial charge in [0.15, 0.2) is 6.10 Å². The molecule has 2 aliphatic rings. The number of piperidine rings is 1. The highest BCUT2D eigenvalue weighted by Gasteiger charge is 2.47. The molecule has 17 heteroatoms. The molecule has 1 aromatic carbocycles. The summed E-state index contributed by atoms with van der Waals surface area (Å²) in [4.78, 5) is 39.7. The molecule has 1 unspecified atom stereocenters. The van der Waals surface area contributed by atoms with Crippen LogP contribution in [0.4, 0.5) is 26.3 Å². The zero-order chi connectivity index (χ0) is 33.3. The Labute approximate surface area is 249 Å². The first kappa shape index (κ1) is 36.3. The van der Waals surface area contributed by atoms with Crippen LogP contribution in [0.3, 0.4) is 0 Å². The van der Waals surface area contributed by atoms with Gasteiger partial charge in [-0.2, -0.15) is 26.3 Å². The van der Waals surface area contributed by atoms with Crippen LogP contribution < -0.4 is 4.74 Å². The minimum absolute atomic E-state index is 0.0828. The number of halogens is 6. The van der Waals surface area contributed by atoms with E-state index in [1.54, 1.807) is 7.11 Å². The number of hydrogen-bond donors (Lipinski definition) is 2. The second kappa shape index (κ2) is 15.2. The van der Waals surface area contributed by atoms with Crippen LogP contribution in [-0.4, -0.2) is 99.2 Å². The lowest BCUT2D eigenvalue weighted by Crippen LogP contribution is -2.54. The summed E-state index contributed by atoms with van der Waals surface area (Å²) in [6.07, 6.45) is -5.13. The van der Waals surface area contributed by atoms with Crippen LogP contribution in [0, 0.1) is 0 Å². The van der Waals surface area contributed by atoms with Gasteiger partial charge in [-0.3, -0.25) is 9.69 Å². The molecule has 0 aliphatic carbocycles. The Kier molecular flexibility index (Phi) is 12.6. The number of carbonyl (C=O) groups excluding carboxylic acids is 1. The third-order valence-electron chi connectivity index (χ3n) is 6.92. The molecule has 1 spiro atoms. The predicted octanol–water partition coefficient (Wildman–Crippen LogP) is 3.92. The van der Waals surface area contributed by atoms with E-state index in [4.69, 9.17) is 29.3 Å². The van der Waals surface area contributed by atoms with E-state index in [0.29, 0.717) is 19.6 Å². The van der Waals surface area contributed by atoms with Gasteiger partial charge in [0, 0.05) is 45.1 Å². The number of ether oxygens (including phenoxy) is 2. The molecular weight excluding hydrogens is 606 g/mol. The Morgan fingerprint density at radius 3 is 1.93 bits per heavy atom. The predicted molar refractivity (Wildman–Crippen MR) is 142 cm³/mol. The monoisotopic (exact) mass is 640 g/mol. The first-order valence-corrected chi connectivity index (χ1v) is 13.4. The van der Waals surface area contributed by atoms with Crippen molar-refractivity contribution in [1.82, 2.24) is 19.4 Å². The Hall–Kier alpha value is -3.86.